The summed E-state index contributed by atoms with van der Waals surface area (Å²) in [4.78, 5) is 11.8. The lowest BCUT2D eigenvalue weighted by atomic mass is 9.43. The van der Waals surface area contributed by atoms with E-state index in [0.717, 1.165) is 49.5 Å². The lowest BCUT2D eigenvalue weighted by Gasteiger charge is -2.64. The van der Waals surface area contributed by atoms with Gasteiger partial charge in [-0.1, -0.05) is 13.8 Å². The molecule has 0 aromatic rings. The number of hydrogen-bond donors (Lipinski definition) is 2. The number of esters is 1. The molecule has 0 saturated heterocycles. The number of fused-ring (bicyclic) bond motifs is 5. The van der Waals surface area contributed by atoms with E-state index in [1.807, 2.05) is 0 Å². The van der Waals surface area contributed by atoms with E-state index in [1.54, 1.807) is 6.08 Å². The zero-order chi connectivity index (χ0) is 27.5. The molecule has 4 aliphatic carbocycles. The highest BCUT2D eigenvalue weighted by atomic mass is 32.2. The Kier molecular flexibility index (Phi) is 9.72. The van der Waals surface area contributed by atoms with Gasteiger partial charge in [0.1, 0.15) is 6.61 Å². The Morgan fingerprint density at radius 3 is 2.38 bits per heavy atom. The molecule has 8 heteroatoms. The molecule has 222 valence electrons. The first kappa shape index (κ1) is 29.8. The molecule has 0 radical (unpaired) electrons. The van der Waals surface area contributed by atoms with Gasteiger partial charge in [-0.15, -0.1) is 0 Å². The average molecular weight is 567 g/mol. The summed E-state index contributed by atoms with van der Waals surface area (Å²) in [5.74, 6) is 2.82. The fraction of sp³-hybridized carbons (Fsp3) is 0.903. The second-order valence-electron chi connectivity index (χ2n) is 13.1. The predicted molar refractivity (Wildman–Crippen MR) is 152 cm³/mol. The number of cyclic esters (lactones) is 1. The van der Waals surface area contributed by atoms with E-state index >= 15 is 0 Å². The Hall–Kier alpha value is -0.640. The van der Waals surface area contributed by atoms with Crippen molar-refractivity contribution in [1.82, 2.24) is 0 Å². The number of carbonyl (C=O) groups is 1. The van der Waals surface area contributed by atoms with E-state index in [2.05, 4.69) is 25.6 Å². The van der Waals surface area contributed by atoms with Gasteiger partial charge in [0.2, 0.25) is 0 Å². The largest absolute Gasteiger partial charge is 0.458 e. The highest BCUT2D eigenvalue weighted by Gasteiger charge is 2.67. The minimum atomic E-state index is -0.625. The van der Waals surface area contributed by atoms with Gasteiger partial charge in [0, 0.05) is 22.5 Å². The molecule has 4 fully saturated rings. The van der Waals surface area contributed by atoms with Crippen LogP contribution in [-0.4, -0.2) is 85.6 Å². The quantitative estimate of drug-likeness (QED) is 0.251. The normalized spacial score (nSPS) is 41.5. The molecule has 1 heterocycles. The molecule has 2 N–H and O–H groups in total. The van der Waals surface area contributed by atoms with Gasteiger partial charge in [0.05, 0.1) is 51.8 Å². The molecule has 39 heavy (non-hydrogen) atoms. The van der Waals surface area contributed by atoms with E-state index in [9.17, 15) is 9.90 Å². The van der Waals surface area contributed by atoms with Crippen LogP contribution in [0.15, 0.2) is 11.6 Å². The molecule has 0 aromatic carbocycles. The molecule has 1 aliphatic heterocycles. The van der Waals surface area contributed by atoms with Crippen LogP contribution in [0.1, 0.15) is 71.6 Å². The van der Waals surface area contributed by atoms with E-state index in [0.29, 0.717) is 62.1 Å². The second-order valence-corrected chi connectivity index (χ2v) is 14.5. The Balaban J connectivity index is 1.08. The van der Waals surface area contributed by atoms with Crippen LogP contribution in [0.2, 0.25) is 0 Å². The minimum Gasteiger partial charge on any atom is -0.458 e. The third-order valence-corrected chi connectivity index (χ3v) is 12.8. The SMILES string of the molecule is C[C@]12CC[C@H](SCCOCCOCCOCCO)C[C@H]1CC[C@@H]1[C@@H]2CC[C@]2(C)[C@@H](C3=CC(=O)OC3)CC[C@]12O. The van der Waals surface area contributed by atoms with Crippen molar-refractivity contribution < 1.29 is 34.0 Å². The summed E-state index contributed by atoms with van der Waals surface area (Å²) in [5.41, 5.74) is 0.674. The number of aliphatic hydroxyl groups is 2. The maximum absolute atomic E-state index is 12.4. The van der Waals surface area contributed by atoms with Crippen molar-refractivity contribution in [3.8, 4) is 0 Å². The van der Waals surface area contributed by atoms with Crippen LogP contribution >= 0.6 is 11.8 Å². The molecular formula is C31H50O7S. The fourth-order valence-corrected chi connectivity index (χ4v) is 10.6. The molecule has 8 atom stereocenters. The zero-order valence-corrected chi connectivity index (χ0v) is 24.9. The summed E-state index contributed by atoms with van der Waals surface area (Å²) in [6, 6.07) is 0. The lowest BCUT2D eigenvalue weighted by molar-refractivity contribution is -0.203. The average Bonchev–Trinajstić information content (AvgIpc) is 3.47. The van der Waals surface area contributed by atoms with E-state index in [4.69, 9.17) is 24.1 Å². The van der Waals surface area contributed by atoms with Crippen molar-refractivity contribution in [2.75, 3.05) is 58.6 Å². The summed E-state index contributed by atoms with van der Waals surface area (Å²) in [6.45, 7) is 8.69. The third-order valence-electron chi connectivity index (χ3n) is 11.5. The fourth-order valence-electron chi connectivity index (χ4n) is 9.40. The van der Waals surface area contributed by atoms with Crippen molar-refractivity contribution in [3.63, 3.8) is 0 Å². The predicted octanol–water partition coefficient (Wildman–Crippen LogP) is 4.39. The molecule has 0 spiro atoms. The summed E-state index contributed by atoms with van der Waals surface area (Å²) in [7, 11) is 0. The molecular weight excluding hydrogens is 516 g/mol. The number of aliphatic hydroxyl groups excluding tert-OH is 1. The van der Waals surface area contributed by atoms with Crippen molar-refractivity contribution in [1.29, 1.82) is 0 Å². The molecule has 5 rings (SSSR count). The first-order valence-corrected chi connectivity index (χ1v) is 16.4. The monoisotopic (exact) mass is 566 g/mol. The molecule has 0 unspecified atom stereocenters. The van der Waals surface area contributed by atoms with Gasteiger partial charge in [-0.3, -0.25) is 0 Å². The Morgan fingerprint density at radius 1 is 0.923 bits per heavy atom. The van der Waals surface area contributed by atoms with Gasteiger partial charge < -0.3 is 29.2 Å². The number of rotatable bonds is 13. The molecule has 0 bridgehead atoms. The van der Waals surface area contributed by atoms with Crippen LogP contribution in [0.25, 0.3) is 0 Å². The van der Waals surface area contributed by atoms with Crippen molar-refractivity contribution in [3.05, 3.63) is 11.6 Å². The van der Waals surface area contributed by atoms with Crippen molar-refractivity contribution in [2.45, 2.75) is 82.5 Å². The maximum Gasteiger partial charge on any atom is 0.331 e. The van der Waals surface area contributed by atoms with Crippen LogP contribution in [-0.2, 0) is 23.7 Å². The number of hydrogen-bond acceptors (Lipinski definition) is 8. The van der Waals surface area contributed by atoms with Crippen molar-refractivity contribution >= 4 is 17.7 Å². The topological polar surface area (TPSA) is 94.5 Å². The lowest BCUT2D eigenvalue weighted by Crippen LogP contribution is -2.62. The van der Waals surface area contributed by atoms with Crippen LogP contribution in [0.4, 0.5) is 0 Å². The summed E-state index contributed by atoms with van der Waals surface area (Å²) >= 11 is 2.08. The van der Waals surface area contributed by atoms with E-state index in [-0.39, 0.29) is 23.9 Å². The molecule has 0 aromatic heterocycles. The highest BCUT2D eigenvalue weighted by Crippen LogP contribution is 2.70. The van der Waals surface area contributed by atoms with Crippen molar-refractivity contribution in [2.24, 2.45) is 34.5 Å². The Morgan fingerprint density at radius 2 is 1.67 bits per heavy atom. The maximum atomic E-state index is 12.4. The van der Waals surface area contributed by atoms with Gasteiger partial charge in [0.25, 0.3) is 0 Å². The Labute approximate surface area is 238 Å². The third kappa shape index (κ3) is 5.85. The minimum absolute atomic E-state index is 0.0477. The van der Waals surface area contributed by atoms with E-state index in [1.165, 1.54) is 32.1 Å². The molecule has 0 amide bonds. The standard InChI is InChI=1S/C31H50O7S/c1-29-8-5-24(39-18-17-37-16-15-36-14-13-35-12-11-32)20-23(29)3-4-27-26(29)6-9-30(2)25(7-10-31(27,30)34)22-19-28(33)38-21-22/h19,23-27,32,34H,3-18,20-21H2,1-2H3/t23-,24+,25-,26+,27-,29+,30-,31+/m1/s1. The van der Waals surface area contributed by atoms with Gasteiger partial charge in [-0.2, -0.15) is 11.8 Å². The first-order valence-electron chi connectivity index (χ1n) is 15.4. The van der Waals surface area contributed by atoms with Gasteiger partial charge in [0.15, 0.2) is 0 Å². The van der Waals surface area contributed by atoms with Gasteiger partial charge in [-0.25, -0.2) is 4.79 Å². The number of ether oxygens (including phenoxy) is 4. The van der Waals surface area contributed by atoms with E-state index < -0.39 is 5.60 Å². The number of carbonyl (C=O) groups excluding carboxylic acids is 1. The van der Waals surface area contributed by atoms with Crippen LogP contribution in [0.3, 0.4) is 0 Å². The second kappa shape index (κ2) is 12.7. The molecule has 4 saturated carbocycles. The highest BCUT2D eigenvalue weighted by molar-refractivity contribution is 7.99. The molecule has 7 nitrogen and oxygen atoms in total. The van der Waals surface area contributed by atoms with Crippen LogP contribution in [0, 0.1) is 34.5 Å². The van der Waals surface area contributed by atoms with Gasteiger partial charge in [-0.05, 0) is 92.4 Å². The molecule has 5 aliphatic rings. The van der Waals surface area contributed by atoms with Crippen LogP contribution in [0.5, 0.6) is 0 Å². The zero-order valence-electron chi connectivity index (χ0n) is 24.0. The summed E-state index contributed by atoms with van der Waals surface area (Å²) in [6.07, 6.45) is 12.0. The van der Waals surface area contributed by atoms with Gasteiger partial charge >= 0.3 is 5.97 Å². The summed E-state index contributed by atoms with van der Waals surface area (Å²) < 4.78 is 21.7. The smallest absolute Gasteiger partial charge is 0.331 e. The Bertz CT molecular complexity index is 881. The number of thioether (sulfide) groups is 1. The first-order chi connectivity index (χ1) is 18.8. The van der Waals surface area contributed by atoms with Crippen LogP contribution < -0.4 is 0 Å². The summed E-state index contributed by atoms with van der Waals surface area (Å²) in [5, 5.41) is 21.8.